The quantitative estimate of drug-likeness (QED) is 0.681. The second kappa shape index (κ2) is 8.48. The highest BCUT2D eigenvalue weighted by molar-refractivity contribution is 8.18. The fourth-order valence-electron chi connectivity index (χ4n) is 3.03. The zero-order valence-electron chi connectivity index (χ0n) is 17.9. The third-order valence-corrected chi connectivity index (χ3v) is 5.95. The maximum Gasteiger partial charge on any atom is 0.294 e. The van der Waals surface area contributed by atoms with Gasteiger partial charge in [-0.05, 0) is 71.5 Å². The van der Waals surface area contributed by atoms with Gasteiger partial charge < -0.3 is 5.32 Å². The fraction of sp³-hybridized carbons (Fsp3) is 0.292. The molecule has 30 heavy (non-hydrogen) atoms. The first-order valence-electron chi connectivity index (χ1n) is 9.77. The SMILES string of the molecule is Cc1ccc(NC(=O)CN2C(=O)SC(=Cc3ccc(C(C)(C)C)cc3)C2=O)cc1C. The number of anilines is 1. The molecule has 1 N–H and O–H groups in total. The largest absolute Gasteiger partial charge is 0.325 e. The van der Waals surface area contributed by atoms with Gasteiger partial charge in [-0.1, -0.05) is 51.1 Å². The standard InChI is InChI=1S/C24H26N2O3S/c1-15-6-11-19(12-16(15)2)25-21(27)14-26-22(28)20(30-23(26)29)13-17-7-9-18(10-8-17)24(3,4)5/h6-13H,14H2,1-5H3,(H,25,27). The number of aryl methyl sites for hydroxylation is 2. The Morgan fingerprint density at radius 1 is 1.03 bits per heavy atom. The first kappa shape index (κ1) is 21.8. The van der Waals surface area contributed by atoms with Gasteiger partial charge in [0.2, 0.25) is 5.91 Å². The molecule has 1 aliphatic rings. The lowest BCUT2D eigenvalue weighted by Crippen LogP contribution is -2.36. The molecule has 156 valence electrons. The van der Waals surface area contributed by atoms with Gasteiger partial charge in [0, 0.05) is 5.69 Å². The summed E-state index contributed by atoms with van der Waals surface area (Å²) in [6.07, 6.45) is 1.69. The predicted octanol–water partition coefficient (Wildman–Crippen LogP) is 5.28. The molecule has 1 aliphatic heterocycles. The first-order valence-corrected chi connectivity index (χ1v) is 10.6. The minimum absolute atomic E-state index is 0.0414. The van der Waals surface area contributed by atoms with E-state index in [0.717, 1.165) is 33.4 Å². The van der Waals surface area contributed by atoms with Crippen molar-refractivity contribution in [2.75, 3.05) is 11.9 Å². The number of nitrogens with one attached hydrogen (secondary N) is 1. The number of nitrogens with zero attached hydrogens (tertiary/aromatic N) is 1. The van der Waals surface area contributed by atoms with Crippen LogP contribution in [0.15, 0.2) is 47.4 Å². The molecule has 0 bridgehead atoms. The van der Waals surface area contributed by atoms with E-state index >= 15 is 0 Å². The number of amides is 3. The van der Waals surface area contributed by atoms with Crippen LogP contribution in [0.3, 0.4) is 0 Å². The highest BCUT2D eigenvalue weighted by Crippen LogP contribution is 2.32. The van der Waals surface area contributed by atoms with Crippen LogP contribution in [0.2, 0.25) is 0 Å². The molecule has 6 heteroatoms. The number of carbonyl (C=O) groups is 3. The Morgan fingerprint density at radius 2 is 1.70 bits per heavy atom. The molecular weight excluding hydrogens is 396 g/mol. The van der Waals surface area contributed by atoms with E-state index in [9.17, 15) is 14.4 Å². The third kappa shape index (κ3) is 5.00. The summed E-state index contributed by atoms with van der Waals surface area (Å²) in [6, 6.07) is 13.5. The van der Waals surface area contributed by atoms with Gasteiger partial charge in [0.05, 0.1) is 4.91 Å². The lowest BCUT2D eigenvalue weighted by atomic mass is 9.87. The van der Waals surface area contributed by atoms with E-state index in [2.05, 4.69) is 26.1 Å². The number of hydrogen-bond acceptors (Lipinski definition) is 4. The molecule has 0 saturated carbocycles. The van der Waals surface area contributed by atoms with Crippen LogP contribution in [0.1, 0.15) is 43.0 Å². The number of carbonyl (C=O) groups excluding carboxylic acids is 3. The summed E-state index contributed by atoms with van der Waals surface area (Å²) in [5.41, 5.74) is 4.90. The molecule has 1 fully saturated rings. The van der Waals surface area contributed by atoms with Gasteiger partial charge in [0.1, 0.15) is 6.54 Å². The number of thioether (sulfide) groups is 1. The number of imide groups is 1. The van der Waals surface area contributed by atoms with Crippen molar-refractivity contribution in [3.8, 4) is 0 Å². The maximum atomic E-state index is 12.7. The zero-order chi connectivity index (χ0) is 22.1. The van der Waals surface area contributed by atoms with Gasteiger partial charge in [-0.15, -0.1) is 0 Å². The molecule has 0 aromatic heterocycles. The third-order valence-electron chi connectivity index (χ3n) is 5.04. The van der Waals surface area contributed by atoms with Gasteiger partial charge >= 0.3 is 0 Å². The van der Waals surface area contributed by atoms with E-state index in [0.29, 0.717) is 10.6 Å². The molecule has 0 atom stereocenters. The summed E-state index contributed by atoms with van der Waals surface area (Å²) in [7, 11) is 0. The number of hydrogen-bond donors (Lipinski definition) is 1. The monoisotopic (exact) mass is 422 g/mol. The maximum absolute atomic E-state index is 12.7. The smallest absolute Gasteiger partial charge is 0.294 e. The van der Waals surface area contributed by atoms with E-state index in [1.54, 1.807) is 12.1 Å². The van der Waals surface area contributed by atoms with Gasteiger partial charge in [-0.25, -0.2) is 0 Å². The van der Waals surface area contributed by atoms with E-state index in [-0.39, 0.29) is 12.0 Å². The molecule has 1 saturated heterocycles. The van der Waals surface area contributed by atoms with Crippen LogP contribution in [0.25, 0.3) is 6.08 Å². The number of rotatable bonds is 4. The van der Waals surface area contributed by atoms with Gasteiger partial charge in [-0.3, -0.25) is 19.3 Å². The molecular formula is C24H26N2O3S. The minimum atomic E-state index is -0.444. The highest BCUT2D eigenvalue weighted by atomic mass is 32.2. The Balaban J connectivity index is 1.68. The lowest BCUT2D eigenvalue weighted by Gasteiger charge is -2.18. The summed E-state index contributed by atoms with van der Waals surface area (Å²) < 4.78 is 0. The van der Waals surface area contributed by atoms with Crippen molar-refractivity contribution in [3.63, 3.8) is 0 Å². The summed E-state index contributed by atoms with van der Waals surface area (Å²) in [5, 5.41) is 2.31. The average Bonchev–Trinajstić information content (AvgIpc) is 2.92. The van der Waals surface area contributed by atoms with Gasteiger partial charge in [0.15, 0.2) is 0 Å². The summed E-state index contributed by atoms with van der Waals surface area (Å²) in [5.74, 6) is -0.850. The van der Waals surface area contributed by atoms with Crippen LogP contribution in [-0.4, -0.2) is 28.5 Å². The Kier molecular flexibility index (Phi) is 6.17. The zero-order valence-corrected chi connectivity index (χ0v) is 18.7. The fourth-order valence-corrected chi connectivity index (χ4v) is 3.87. The highest BCUT2D eigenvalue weighted by Gasteiger charge is 2.36. The molecule has 2 aromatic carbocycles. The lowest BCUT2D eigenvalue weighted by molar-refractivity contribution is -0.127. The van der Waals surface area contributed by atoms with Crippen LogP contribution in [-0.2, 0) is 15.0 Å². The molecule has 3 rings (SSSR count). The molecule has 0 aliphatic carbocycles. The van der Waals surface area contributed by atoms with E-state index < -0.39 is 17.1 Å². The van der Waals surface area contributed by atoms with E-state index in [1.165, 1.54) is 5.56 Å². The van der Waals surface area contributed by atoms with Crippen molar-refractivity contribution in [2.45, 2.75) is 40.0 Å². The van der Waals surface area contributed by atoms with Crippen LogP contribution in [0.5, 0.6) is 0 Å². The molecule has 5 nitrogen and oxygen atoms in total. The second-order valence-corrected chi connectivity index (χ2v) is 9.48. The molecule has 0 spiro atoms. The Labute approximate surface area is 181 Å². The van der Waals surface area contributed by atoms with Crippen molar-refractivity contribution in [2.24, 2.45) is 0 Å². The Morgan fingerprint density at radius 3 is 2.30 bits per heavy atom. The van der Waals surface area contributed by atoms with Crippen LogP contribution < -0.4 is 5.32 Å². The van der Waals surface area contributed by atoms with Crippen molar-refractivity contribution in [1.29, 1.82) is 0 Å². The van der Waals surface area contributed by atoms with Gasteiger partial charge in [-0.2, -0.15) is 0 Å². The Bertz CT molecular complexity index is 1030. The average molecular weight is 423 g/mol. The molecule has 3 amide bonds. The van der Waals surface area contributed by atoms with Gasteiger partial charge in [0.25, 0.3) is 11.1 Å². The van der Waals surface area contributed by atoms with Crippen LogP contribution in [0.4, 0.5) is 10.5 Å². The predicted molar refractivity (Wildman–Crippen MR) is 122 cm³/mol. The molecule has 1 heterocycles. The molecule has 0 radical (unpaired) electrons. The van der Waals surface area contributed by atoms with Crippen molar-refractivity contribution in [1.82, 2.24) is 4.90 Å². The summed E-state index contributed by atoms with van der Waals surface area (Å²) >= 11 is 0.858. The number of benzene rings is 2. The second-order valence-electron chi connectivity index (χ2n) is 8.49. The van der Waals surface area contributed by atoms with E-state index in [1.807, 2.05) is 50.2 Å². The molecule has 0 unspecified atom stereocenters. The summed E-state index contributed by atoms with van der Waals surface area (Å²) in [6.45, 7) is 10.0. The molecule has 2 aromatic rings. The van der Waals surface area contributed by atoms with Crippen LogP contribution >= 0.6 is 11.8 Å². The van der Waals surface area contributed by atoms with Crippen molar-refractivity contribution >= 4 is 40.6 Å². The first-order chi connectivity index (χ1) is 14.0. The van der Waals surface area contributed by atoms with Crippen molar-refractivity contribution < 1.29 is 14.4 Å². The Hall–Kier alpha value is -2.86. The van der Waals surface area contributed by atoms with E-state index in [4.69, 9.17) is 0 Å². The summed E-state index contributed by atoms with van der Waals surface area (Å²) in [4.78, 5) is 38.6. The van der Waals surface area contributed by atoms with Crippen LogP contribution in [0, 0.1) is 13.8 Å². The minimum Gasteiger partial charge on any atom is -0.325 e. The normalized spacial score (nSPS) is 15.8. The van der Waals surface area contributed by atoms with Crippen molar-refractivity contribution in [3.05, 3.63) is 69.6 Å². The topological polar surface area (TPSA) is 66.5 Å².